The fourth-order valence-electron chi connectivity index (χ4n) is 3.05. The molecule has 0 saturated carbocycles. The van der Waals surface area contributed by atoms with Crippen LogP contribution in [0.25, 0.3) is 0 Å². The highest BCUT2D eigenvalue weighted by Crippen LogP contribution is 2.33. The number of ketones is 1. The minimum Gasteiger partial charge on any atom is -0.497 e. The molecule has 0 bridgehead atoms. The van der Waals surface area contributed by atoms with E-state index >= 15 is 0 Å². The van der Waals surface area contributed by atoms with Crippen LogP contribution in [-0.2, 0) is 6.42 Å². The monoisotopic (exact) mass is 302 g/mol. The van der Waals surface area contributed by atoms with Gasteiger partial charge in [0, 0.05) is 17.5 Å². The Balaban J connectivity index is 2.02. The average molecular weight is 302 g/mol. The maximum absolute atomic E-state index is 13.4. The van der Waals surface area contributed by atoms with Crippen molar-refractivity contribution in [1.29, 1.82) is 0 Å². The molecule has 1 unspecified atom stereocenters. The Hall–Kier alpha value is -2.23. The van der Waals surface area contributed by atoms with Crippen LogP contribution in [0.2, 0.25) is 0 Å². The van der Waals surface area contributed by atoms with Crippen molar-refractivity contribution in [2.75, 3.05) is 7.11 Å². The number of methoxy groups -OCH3 is 1. The van der Waals surface area contributed by atoms with Crippen molar-refractivity contribution >= 4 is 5.78 Å². The smallest absolute Gasteiger partial charge is 0.170 e. The number of ether oxygens (including phenoxy) is 1. The third-order valence-electron chi connectivity index (χ3n) is 4.12. The fraction of sp³-hybridized carbons (Fsp3) is 0.278. The van der Waals surface area contributed by atoms with E-state index in [0.29, 0.717) is 23.3 Å². The number of Topliss-reactive ketones (excluding diaryl/α,β-unsaturated/α-hetero) is 1. The summed E-state index contributed by atoms with van der Waals surface area (Å²) in [5.74, 6) is -1.18. The number of halogens is 2. The van der Waals surface area contributed by atoms with Crippen LogP contribution >= 0.6 is 0 Å². The summed E-state index contributed by atoms with van der Waals surface area (Å²) in [5.41, 5.74) is 1.96. The molecule has 2 aromatic carbocycles. The fourth-order valence-corrected chi connectivity index (χ4v) is 3.05. The minimum atomic E-state index is -0.651. The number of rotatable bonds is 2. The van der Waals surface area contributed by atoms with Crippen LogP contribution in [0.5, 0.6) is 5.75 Å². The summed E-state index contributed by atoms with van der Waals surface area (Å²) in [4.78, 5) is 12.8. The van der Waals surface area contributed by atoms with E-state index in [1.54, 1.807) is 19.2 Å². The van der Waals surface area contributed by atoms with Gasteiger partial charge in [-0.25, -0.2) is 8.78 Å². The first-order valence-electron chi connectivity index (χ1n) is 7.25. The standard InChI is InChI=1S/C18H16F2O2/c1-22-15-5-6-17-11(9-15)3-2-4-16(18(17)21)12-7-13(19)10-14(20)8-12/h5-10,16H,2-4H2,1H3. The van der Waals surface area contributed by atoms with Gasteiger partial charge in [-0.3, -0.25) is 4.79 Å². The van der Waals surface area contributed by atoms with Gasteiger partial charge in [-0.05, 0) is 60.7 Å². The van der Waals surface area contributed by atoms with Crippen LogP contribution in [0.3, 0.4) is 0 Å². The van der Waals surface area contributed by atoms with E-state index in [4.69, 9.17) is 4.74 Å². The van der Waals surface area contributed by atoms with E-state index in [-0.39, 0.29) is 5.78 Å². The van der Waals surface area contributed by atoms with E-state index in [9.17, 15) is 13.6 Å². The lowest BCUT2D eigenvalue weighted by molar-refractivity contribution is 0.0957. The summed E-state index contributed by atoms with van der Waals surface area (Å²) in [5, 5.41) is 0. The molecule has 22 heavy (non-hydrogen) atoms. The zero-order valence-electron chi connectivity index (χ0n) is 12.2. The van der Waals surface area contributed by atoms with Crippen LogP contribution in [-0.4, -0.2) is 12.9 Å². The Bertz CT molecular complexity index is 705. The molecule has 3 rings (SSSR count). The Morgan fingerprint density at radius 2 is 1.82 bits per heavy atom. The SMILES string of the molecule is COc1ccc2c(c1)CCCC(c1cc(F)cc(F)c1)C2=O. The normalized spacial score (nSPS) is 17.8. The largest absolute Gasteiger partial charge is 0.497 e. The second-order valence-corrected chi connectivity index (χ2v) is 5.53. The molecule has 0 fully saturated rings. The predicted molar refractivity (Wildman–Crippen MR) is 79.4 cm³/mol. The van der Waals surface area contributed by atoms with E-state index < -0.39 is 17.6 Å². The van der Waals surface area contributed by atoms with E-state index in [2.05, 4.69) is 0 Å². The molecular formula is C18H16F2O2. The maximum Gasteiger partial charge on any atom is 0.170 e. The summed E-state index contributed by atoms with van der Waals surface area (Å²) in [6.07, 6.45) is 2.12. The topological polar surface area (TPSA) is 26.3 Å². The first-order chi connectivity index (χ1) is 10.6. The van der Waals surface area contributed by atoms with Gasteiger partial charge < -0.3 is 4.74 Å². The van der Waals surface area contributed by atoms with Crippen molar-refractivity contribution in [2.45, 2.75) is 25.2 Å². The highest BCUT2D eigenvalue weighted by Gasteiger charge is 2.27. The van der Waals surface area contributed by atoms with Gasteiger partial charge in [0.15, 0.2) is 5.78 Å². The third-order valence-corrected chi connectivity index (χ3v) is 4.12. The molecule has 1 aliphatic carbocycles. The molecule has 0 heterocycles. The van der Waals surface area contributed by atoms with Gasteiger partial charge in [0.2, 0.25) is 0 Å². The predicted octanol–water partition coefficient (Wildman–Crippen LogP) is 4.28. The van der Waals surface area contributed by atoms with Crippen LogP contribution in [0.4, 0.5) is 8.78 Å². The van der Waals surface area contributed by atoms with E-state index in [1.165, 1.54) is 12.1 Å². The Morgan fingerprint density at radius 1 is 1.09 bits per heavy atom. The molecule has 0 radical (unpaired) electrons. The van der Waals surface area contributed by atoms with Gasteiger partial charge in [-0.1, -0.05) is 0 Å². The first-order valence-corrected chi connectivity index (χ1v) is 7.25. The summed E-state index contributed by atoms with van der Waals surface area (Å²) in [6.45, 7) is 0. The zero-order valence-corrected chi connectivity index (χ0v) is 12.2. The molecule has 4 heteroatoms. The highest BCUT2D eigenvalue weighted by molar-refractivity contribution is 6.02. The minimum absolute atomic E-state index is 0.0832. The Kier molecular flexibility index (Phi) is 3.92. The number of carbonyl (C=O) groups is 1. The van der Waals surface area contributed by atoms with Gasteiger partial charge >= 0.3 is 0 Å². The molecule has 2 nitrogen and oxygen atoms in total. The third kappa shape index (κ3) is 2.73. The molecular weight excluding hydrogens is 286 g/mol. The zero-order chi connectivity index (χ0) is 15.7. The quantitative estimate of drug-likeness (QED) is 0.774. The van der Waals surface area contributed by atoms with Crippen LogP contribution in [0, 0.1) is 11.6 Å². The molecule has 1 aliphatic rings. The molecule has 0 saturated heterocycles. The number of hydrogen-bond acceptors (Lipinski definition) is 2. The van der Waals surface area contributed by atoms with Crippen molar-refractivity contribution in [2.24, 2.45) is 0 Å². The van der Waals surface area contributed by atoms with Crippen molar-refractivity contribution in [3.63, 3.8) is 0 Å². The van der Waals surface area contributed by atoms with Crippen molar-refractivity contribution in [3.05, 3.63) is 64.7 Å². The molecule has 114 valence electrons. The van der Waals surface area contributed by atoms with E-state index in [0.717, 1.165) is 24.5 Å². The average Bonchev–Trinajstić information content (AvgIpc) is 2.65. The molecule has 0 N–H and O–H groups in total. The number of aryl methyl sites for hydroxylation is 1. The summed E-state index contributed by atoms with van der Waals surface area (Å²) < 4.78 is 32.1. The van der Waals surface area contributed by atoms with Gasteiger partial charge in [0.05, 0.1) is 7.11 Å². The van der Waals surface area contributed by atoms with Gasteiger partial charge in [-0.2, -0.15) is 0 Å². The van der Waals surface area contributed by atoms with Crippen LogP contribution in [0.15, 0.2) is 36.4 Å². The molecule has 2 aromatic rings. The number of hydrogen-bond donors (Lipinski definition) is 0. The highest BCUT2D eigenvalue weighted by atomic mass is 19.1. The lowest BCUT2D eigenvalue weighted by Gasteiger charge is -2.15. The van der Waals surface area contributed by atoms with Gasteiger partial charge in [0.25, 0.3) is 0 Å². The van der Waals surface area contributed by atoms with Crippen molar-refractivity contribution in [1.82, 2.24) is 0 Å². The van der Waals surface area contributed by atoms with Crippen LogP contribution in [0.1, 0.15) is 40.2 Å². The molecule has 0 aliphatic heterocycles. The lowest BCUT2D eigenvalue weighted by atomic mass is 9.88. The summed E-state index contributed by atoms with van der Waals surface area (Å²) >= 11 is 0. The molecule has 0 spiro atoms. The molecule has 0 aromatic heterocycles. The lowest BCUT2D eigenvalue weighted by Crippen LogP contribution is -2.13. The van der Waals surface area contributed by atoms with Gasteiger partial charge in [0.1, 0.15) is 17.4 Å². The van der Waals surface area contributed by atoms with E-state index in [1.807, 2.05) is 6.07 Å². The van der Waals surface area contributed by atoms with Crippen molar-refractivity contribution < 1.29 is 18.3 Å². The maximum atomic E-state index is 13.4. The van der Waals surface area contributed by atoms with Gasteiger partial charge in [-0.15, -0.1) is 0 Å². The van der Waals surface area contributed by atoms with Crippen molar-refractivity contribution in [3.8, 4) is 5.75 Å². The first kappa shape index (κ1) is 14.7. The second kappa shape index (κ2) is 5.87. The Labute approximate surface area is 127 Å². The Morgan fingerprint density at radius 3 is 2.50 bits per heavy atom. The second-order valence-electron chi connectivity index (χ2n) is 5.53. The summed E-state index contributed by atoms with van der Waals surface area (Å²) in [6, 6.07) is 8.67. The molecule has 1 atom stereocenters. The van der Waals surface area contributed by atoms with Crippen LogP contribution < -0.4 is 4.74 Å². The number of fused-ring (bicyclic) bond motifs is 1. The number of benzene rings is 2. The summed E-state index contributed by atoms with van der Waals surface area (Å²) in [7, 11) is 1.58. The molecule has 0 amide bonds. The number of carbonyl (C=O) groups excluding carboxylic acids is 1.